The molecule has 0 amide bonds. The van der Waals surface area contributed by atoms with E-state index in [2.05, 4.69) is 4.74 Å². The fourth-order valence-electron chi connectivity index (χ4n) is 1.36. The summed E-state index contributed by atoms with van der Waals surface area (Å²) in [5, 5.41) is 0. The van der Waals surface area contributed by atoms with Crippen LogP contribution in [0.4, 0.5) is 0 Å². The Bertz CT molecular complexity index is 385. The van der Waals surface area contributed by atoms with Crippen LogP contribution in [0.3, 0.4) is 0 Å². The van der Waals surface area contributed by atoms with Crippen LogP contribution in [0.2, 0.25) is 0 Å². The van der Waals surface area contributed by atoms with Gasteiger partial charge >= 0.3 is 5.97 Å². The molecule has 1 rings (SSSR count). The molecule has 0 aliphatic carbocycles. The molecular formula is C14H21NO3. The number of rotatable bonds is 6. The first-order valence-corrected chi connectivity index (χ1v) is 6.02. The molecule has 18 heavy (non-hydrogen) atoms. The number of esters is 1. The van der Waals surface area contributed by atoms with E-state index in [-0.39, 0.29) is 11.5 Å². The van der Waals surface area contributed by atoms with Gasteiger partial charge in [-0.2, -0.15) is 0 Å². The zero-order chi connectivity index (χ0) is 13.6. The molecule has 1 aromatic carbocycles. The number of methoxy groups -OCH3 is 1. The van der Waals surface area contributed by atoms with Crippen LogP contribution >= 0.6 is 0 Å². The second-order valence-electron chi connectivity index (χ2n) is 4.69. The fourth-order valence-corrected chi connectivity index (χ4v) is 1.36. The maximum atomic E-state index is 11.2. The van der Waals surface area contributed by atoms with Gasteiger partial charge in [0, 0.05) is 5.54 Å². The molecule has 0 saturated heterocycles. The van der Waals surface area contributed by atoms with Crippen molar-refractivity contribution in [3.8, 4) is 0 Å². The van der Waals surface area contributed by atoms with Crippen LogP contribution in [0.25, 0.3) is 0 Å². The number of ether oxygens (including phenoxy) is 2. The van der Waals surface area contributed by atoms with Crippen LogP contribution in [0.5, 0.6) is 0 Å². The second kappa shape index (κ2) is 6.52. The molecule has 100 valence electrons. The van der Waals surface area contributed by atoms with Gasteiger partial charge in [-0.05, 0) is 31.0 Å². The molecule has 4 nitrogen and oxygen atoms in total. The van der Waals surface area contributed by atoms with Gasteiger partial charge in [0.1, 0.15) is 0 Å². The summed E-state index contributed by atoms with van der Waals surface area (Å²) in [6.07, 6.45) is 0.869. The van der Waals surface area contributed by atoms with Crippen molar-refractivity contribution in [2.45, 2.75) is 32.4 Å². The summed E-state index contributed by atoms with van der Waals surface area (Å²) in [5.74, 6) is -0.331. The van der Waals surface area contributed by atoms with Gasteiger partial charge in [-0.15, -0.1) is 0 Å². The second-order valence-corrected chi connectivity index (χ2v) is 4.69. The highest BCUT2D eigenvalue weighted by Gasteiger charge is 2.15. The van der Waals surface area contributed by atoms with Crippen LogP contribution in [-0.4, -0.2) is 25.2 Å². The smallest absolute Gasteiger partial charge is 0.337 e. The summed E-state index contributed by atoms with van der Waals surface area (Å²) in [5.41, 5.74) is 7.24. The van der Waals surface area contributed by atoms with Crippen molar-refractivity contribution in [1.82, 2.24) is 0 Å². The lowest BCUT2D eigenvalue weighted by Gasteiger charge is -2.22. The zero-order valence-electron chi connectivity index (χ0n) is 11.2. The normalized spacial score (nSPS) is 14.0. The molecule has 0 fully saturated rings. The molecular weight excluding hydrogens is 230 g/mol. The van der Waals surface area contributed by atoms with Crippen molar-refractivity contribution in [2.24, 2.45) is 5.73 Å². The van der Waals surface area contributed by atoms with E-state index in [1.54, 1.807) is 12.1 Å². The van der Waals surface area contributed by atoms with Crippen LogP contribution in [0.15, 0.2) is 24.3 Å². The Morgan fingerprint density at radius 3 is 2.44 bits per heavy atom. The number of carbonyl (C=O) groups excluding carboxylic acids is 1. The highest BCUT2D eigenvalue weighted by molar-refractivity contribution is 5.89. The summed E-state index contributed by atoms with van der Waals surface area (Å²) in [7, 11) is 1.37. The average Bonchev–Trinajstić information content (AvgIpc) is 2.38. The largest absolute Gasteiger partial charge is 0.465 e. The summed E-state index contributed by atoms with van der Waals surface area (Å²) in [6.45, 7) is 5.01. The summed E-state index contributed by atoms with van der Waals surface area (Å²) < 4.78 is 10.2. The molecule has 2 N–H and O–H groups in total. The lowest BCUT2D eigenvalue weighted by atomic mass is 10.0. The first-order chi connectivity index (χ1) is 8.48. The van der Waals surface area contributed by atoms with Gasteiger partial charge in [-0.1, -0.05) is 19.1 Å². The third-order valence-electron chi connectivity index (χ3n) is 2.88. The Labute approximate surface area is 108 Å². The van der Waals surface area contributed by atoms with Crippen LogP contribution < -0.4 is 5.73 Å². The molecule has 0 aliphatic rings. The van der Waals surface area contributed by atoms with Crippen LogP contribution in [0, 0.1) is 0 Å². The van der Waals surface area contributed by atoms with E-state index in [0.717, 1.165) is 12.0 Å². The molecule has 0 aliphatic heterocycles. The van der Waals surface area contributed by atoms with Crippen molar-refractivity contribution < 1.29 is 14.3 Å². The first kappa shape index (κ1) is 14.7. The molecule has 4 heteroatoms. The number of hydrogen-bond donors (Lipinski definition) is 1. The quantitative estimate of drug-likeness (QED) is 0.787. The van der Waals surface area contributed by atoms with Gasteiger partial charge in [0.25, 0.3) is 0 Å². The van der Waals surface area contributed by atoms with Crippen LogP contribution in [-0.2, 0) is 16.1 Å². The predicted octanol–water partition coefficient (Wildman–Crippen LogP) is 2.12. The first-order valence-electron chi connectivity index (χ1n) is 6.02. The minimum Gasteiger partial charge on any atom is -0.465 e. The Balaban J connectivity index is 2.47. The number of carbonyl (C=O) groups is 1. The highest BCUT2D eigenvalue weighted by Crippen LogP contribution is 2.10. The topological polar surface area (TPSA) is 61.5 Å². The van der Waals surface area contributed by atoms with Gasteiger partial charge in [0.05, 0.1) is 25.9 Å². The molecule has 0 bridgehead atoms. The number of nitrogens with two attached hydrogens (primary N) is 1. The minimum atomic E-state index is -0.331. The van der Waals surface area contributed by atoms with Crippen molar-refractivity contribution >= 4 is 5.97 Å². The molecule has 0 radical (unpaired) electrons. The van der Waals surface area contributed by atoms with Gasteiger partial charge in [0.2, 0.25) is 0 Å². The summed E-state index contributed by atoms with van der Waals surface area (Å²) in [4.78, 5) is 11.2. The predicted molar refractivity (Wildman–Crippen MR) is 70.3 cm³/mol. The Morgan fingerprint density at radius 1 is 1.33 bits per heavy atom. The monoisotopic (exact) mass is 251 g/mol. The highest BCUT2D eigenvalue weighted by atomic mass is 16.5. The van der Waals surface area contributed by atoms with Gasteiger partial charge < -0.3 is 15.2 Å². The zero-order valence-corrected chi connectivity index (χ0v) is 11.2. The minimum absolute atomic E-state index is 0.286. The van der Waals surface area contributed by atoms with Crippen molar-refractivity contribution in [2.75, 3.05) is 13.7 Å². The van der Waals surface area contributed by atoms with E-state index >= 15 is 0 Å². The third-order valence-corrected chi connectivity index (χ3v) is 2.88. The van der Waals surface area contributed by atoms with E-state index in [4.69, 9.17) is 10.5 Å². The molecule has 1 unspecified atom stereocenters. The molecule has 0 saturated carbocycles. The maximum Gasteiger partial charge on any atom is 0.337 e. The lowest BCUT2D eigenvalue weighted by molar-refractivity contribution is 0.0600. The van der Waals surface area contributed by atoms with Crippen molar-refractivity contribution in [1.29, 1.82) is 0 Å². The van der Waals surface area contributed by atoms with Gasteiger partial charge in [-0.25, -0.2) is 4.79 Å². The number of benzene rings is 1. The van der Waals surface area contributed by atoms with Crippen molar-refractivity contribution in [3.05, 3.63) is 35.4 Å². The maximum absolute atomic E-state index is 11.2. The molecule has 0 heterocycles. The van der Waals surface area contributed by atoms with E-state index in [1.165, 1.54) is 7.11 Å². The van der Waals surface area contributed by atoms with Crippen LogP contribution in [0.1, 0.15) is 36.2 Å². The molecule has 1 aromatic rings. The van der Waals surface area contributed by atoms with E-state index in [0.29, 0.717) is 18.8 Å². The molecule has 1 atom stereocenters. The van der Waals surface area contributed by atoms with Gasteiger partial charge in [-0.3, -0.25) is 0 Å². The van der Waals surface area contributed by atoms with E-state index in [9.17, 15) is 4.79 Å². The lowest BCUT2D eigenvalue weighted by Crippen LogP contribution is -2.40. The standard InChI is InChI=1S/C14H21NO3/c1-4-14(2,15)10-18-9-11-5-7-12(8-6-11)13(16)17-3/h5-8H,4,9-10,15H2,1-3H3. The Kier molecular flexibility index (Phi) is 5.31. The Hall–Kier alpha value is -1.39. The average molecular weight is 251 g/mol. The van der Waals surface area contributed by atoms with E-state index in [1.807, 2.05) is 26.0 Å². The van der Waals surface area contributed by atoms with E-state index < -0.39 is 0 Å². The van der Waals surface area contributed by atoms with Crippen molar-refractivity contribution in [3.63, 3.8) is 0 Å². The SMILES string of the molecule is CCC(C)(N)COCc1ccc(C(=O)OC)cc1. The molecule has 0 aromatic heterocycles. The fraction of sp³-hybridized carbons (Fsp3) is 0.500. The van der Waals surface area contributed by atoms with Gasteiger partial charge in [0.15, 0.2) is 0 Å². The molecule has 0 spiro atoms. The Morgan fingerprint density at radius 2 is 1.94 bits per heavy atom. The summed E-state index contributed by atoms with van der Waals surface area (Å²) >= 11 is 0. The third kappa shape index (κ3) is 4.47. The summed E-state index contributed by atoms with van der Waals surface area (Å²) in [6, 6.07) is 7.16. The number of hydrogen-bond acceptors (Lipinski definition) is 4.